The van der Waals surface area contributed by atoms with Crippen LogP contribution in [-0.4, -0.2) is 21.1 Å². The van der Waals surface area contributed by atoms with Crippen LogP contribution in [0.1, 0.15) is 15.6 Å². The summed E-state index contributed by atoms with van der Waals surface area (Å²) >= 11 is 9.05. The molecular formula is C15H16ClN4OS2+. The molecule has 120 valence electrons. The highest BCUT2D eigenvalue weighted by Gasteiger charge is 2.15. The van der Waals surface area contributed by atoms with Crippen LogP contribution >= 0.6 is 34.3 Å². The van der Waals surface area contributed by atoms with Gasteiger partial charge >= 0.3 is 0 Å². The van der Waals surface area contributed by atoms with Crippen molar-refractivity contribution in [2.45, 2.75) is 20.0 Å². The molecule has 0 radical (unpaired) electrons. The zero-order valence-corrected chi connectivity index (χ0v) is 15.0. The first-order valence-corrected chi connectivity index (χ1v) is 9.11. The quantitative estimate of drug-likeness (QED) is 0.677. The Balaban J connectivity index is 1.83. The molecule has 0 aliphatic rings. The standard InChI is InChI=1S/C15H15ClN4OS2/c1-3-6-19(8-11-4-5-12(16)22-11)9-13-18-20-14(21)7-10(2)17-15(20)23-13/h3-5,7H,1,6,8-9H2,2H3/p+1. The maximum atomic E-state index is 11.9. The molecule has 3 aromatic heterocycles. The number of aryl methyl sites for hydroxylation is 1. The van der Waals surface area contributed by atoms with Gasteiger partial charge in [-0.15, -0.1) is 11.3 Å². The van der Waals surface area contributed by atoms with E-state index < -0.39 is 0 Å². The molecule has 23 heavy (non-hydrogen) atoms. The Bertz CT molecular complexity index is 898. The van der Waals surface area contributed by atoms with Crippen LogP contribution in [0, 0.1) is 6.92 Å². The van der Waals surface area contributed by atoms with Crippen molar-refractivity contribution in [3.63, 3.8) is 0 Å². The zero-order valence-electron chi connectivity index (χ0n) is 12.6. The molecule has 8 heteroatoms. The van der Waals surface area contributed by atoms with Crippen molar-refractivity contribution in [3.05, 3.63) is 61.1 Å². The third kappa shape index (κ3) is 3.87. The molecule has 3 heterocycles. The van der Waals surface area contributed by atoms with Crippen LogP contribution in [0.15, 0.2) is 35.6 Å². The first-order chi connectivity index (χ1) is 11.0. The third-order valence-corrected chi connectivity index (χ3v) is 5.44. The van der Waals surface area contributed by atoms with E-state index in [4.69, 9.17) is 11.6 Å². The molecule has 0 spiro atoms. The van der Waals surface area contributed by atoms with E-state index in [1.165, 1.54) is 31.7 Å². The SMILES string of the molecule is C=CC[NH+](Cc1ccc(Cl)s1)Cc1nn2c(=O)cc(C)nc2s1. The fraction of sp³-hybridized carbons (Fsp3) is 0.267. The summed E-state index contributed by atoms with van der Waals surface area (Å²) in [5.41, 5.74) is 0.582. The van der Waals surface area contributed by atoms with Crippen molar-refractivity contribution in [1.29, 1.82) is 0 Å². The lowest BCUT2D eigenvalue weighted by Crippen LogP contribution is -3.09. The summed E-state index contributed by atoms with van der Waals surface area (Å²) in [5, 5.41) is 5.29. The number of nitrogens with one attached hydrogen (secondary N) is 1. The summed E-state index contributed by atoms with van der Waals surface area (Å²) in [6.45, 7) is 8.02. The predicted molar refractivity (Wildman–Crippen MR) is 94.6 cm³/mol. The van der Waals surface area contributed by atoms with E-state index in [0.717, 1.165) is 22.4 Å². The second-order valence-electron chi connectivity index (χ2n) is 5.23. The Morgan fingerprint density at radius 3 is 2.91 bits per heavy atom. The topological polar surface area (TPSA) is 51.7 Å². The van der Waals surface area contributed by atoms with Gasteiger partial charge in [-0.05, 0) is 25.1 Å². The number of hydrogen-bond acceptors (Lipinski definition) is 5. The van der Waals surface area contributed by atoms with E-state index in [9.17, 15) is 4.79 Å². The van der Waals surface area contributed by atoms with Gasteiger partial charge in [-0.25, -0.2) is 4.98 Å². The van der Waals surface area contributed by atoms with Gasteiger partial charge in [-0.1, -0.05) is 29.5 Å². The number of quaternary nitrogens is 1. The van der Waals surface area contributed by atoms with Gasteiger partial charge in [0, 0.05) is 11.8 Å². The number of thiophene rings is 1. The van der Waals surface area contributed by atoms with Crippen LogP contribution in [0.2, 0.25) is 4.34 Å². The molecule has 0 bridgehead atoms. The normalized spacial score (nSPS) is 12.6. The van der Waals surface area contributed by atoms with E-state index in [-0.39, 0.29) is 5.56 Å². The van der Waals surface area contributed by atoms with E-state index in [1.54, 1.807) is 11.3 Å². The largest absolute Gasteiger partial charge is 0.321 e. The molecule has 0 saturated heterocycles. The van der Waals surface area contributed by atoms with Crippen LogP contribution in [0.4, 0.5) is 0 Å². The van der Waals surface area contributed by atoms with Crippen LogP contribution in [0.25, 0.3) is 4.96 Å². The molecule has 5 nitrogen and oxygen atoms in total. The van der Waals surface area contributed by atoms with E-state index in [1.807, 2.05) is 25.1 Å². The molecular weight excluding hydrogens is 352 g/mol. The van der Waals surface area contributed by atoms with Crippen molar-refractivity contribution >= 4 is 39.2 Å². The number of fused-ring (bicyclic) bond motifs is 1. The fourth-order valence-electron chi connectivity index (χ4n) is 2.35. The molecule has 0 aliphatic carbocycles. The minimum Gasteiger partial charge on any atom is -0.321 e. The highest BCUT2D eigenvalue weighted by atomic mass is 35.5. The van der Waals surface area contributed by atoms with Crippen molar-refractivity contribution in [3.8, 4) is 0 Å². The van der Waals surface area contributed by atoms with Gasteiger partial charge < -0.3 is 4.90 Å². The predicted octanol–water partition coefficient (Wildman–Crippen LogP) is 1.95. The Hall–Kier alpha value is -1.54. The summed E-state index contributed by atoms with van der Waals surface area (Å²) in [7, 11) is 0. The fourth-order valence-corrected chi connectivity index (χ4v) is 4.53. The molecule has 0 aliphatic heterocycles. The van der Waals surface area contributed by atoms with Gasteiger partial charge in [-0.2, -0.15) is 9.61 Å². The molecule has 1 atom stereocenters. The van der Waals surface area contributed by atoms with Gasteiger partial charge in [0.2, 0.25) is 4.96 Å². The number of hydrogen-bond donors (Lipinski definition) is 1. The lowest BCUT2D eigenvalue weighted by Gasteiger charge is -2.15. The van der Waals surface area contributed by atoms with Gasteiger partial charge in [0.25, 0.3) is 5.56 Å². The summed E-state index contributed by atoms with van der Waals surface area (Å²) in [5.74, 6) is 0. The summed E-state index contributed by atoms with van der Waals surface area (Å²) in [4.78, 5) is 19.5. The van der Waals surface area contributed by atoms with Gasteiger partial charge in [0.05, 0.1) is 15.8 Å². The Morgan fingerprint density at radius 2 is 2.22 bits per heavy atom. The maximum Gasteiger partial charge on any atom is 0.275 e. The Morgan fingerprint density at radius 1 is 1.39 bits per heavy atom. The first kappa shape index (κ1) is 16.3. The average molecular weight is 368 g/mol. The number of halogens is 1. The van der Waals surface area contributed by atoms with Crippen LogP contribution in [0.3, 0.4) is 0 Å². The summed E-state index contributed by atoms with van der Waals surface area (Å²) in [6, 6.07) is 5.46. The Labute approximate surface area is 146 Å². The summed E-state index contributed by atoms with van der Waals surface area (Å²) < 4.78 is 2.17. The highest BCUT2D eigenvalue weighted by Crippen LogP contribution is 2.20. The number of rotatable bonds is 6. The van der Waals surface area contributed by atoms with Crippen LogP contribution < -0.4 is 10.5 Å². The van der Waals surface area contributed by atoms with Gasteiger partial charge in [0.1, 0.15) is 13.1 Å². The van der Waals surface area contributed by atoms with E-state index in [2.05, 4.69) is 16.7 Å². The van der Waals surface area contributed by atoms with Gasteiger partial charge in [-0.3, -0.25) is 4.79 Å². The van der Waals surface area contributed by atoms with Crippen molar-refractivity contribution in [2.75, 3.05) is 6.54 Å². The average Bonchev–Trinajstić information content (AvgIpc) is 3.05. The smallest absolute Gasteiger partial charge is 0.275 e. The molecule has 0 aromatic carbocycles. The molecule has 3 rings (SSSR count). The second-order valence-corrected chi connectivity index (χ2v) is 8.07. The van der Waals surface area contributed by atoms with Crippen molar-refractivity contribution in [1.82, 2.24) is 14.6 Å². The van der Waals surface area contributed by atoms with Gasteiger partial charge in [0.15, 0.2) is 5.01 Å². The van der Waals surface area contributed by atoms with Crippen LogP contribution in [-0.2, 0) is 13.1 Å². The lowest BCUT2D eigenvalue weighted by atomic mass is 10.4. The second kappa shape index (κ2) is 6.92. The number of nitrogens with zero attached hydrogens (tertiary/aromatic N) is 3. The van der Waals surface area contributed by atoms with E-state index in [0.29, 0.717) is 17.2 Å². The first-order valence-electron chi connectivity index (χ1n) is 7.10. The van der Waals surface area contributed by atoms with Crippen LogP contribution in [0.5, 0.6) is 0 Å². The highest BCUT2D eigenvalue weighted by molar-refractivity contribution is 7.16. The molecule has 0 fully saturated rings. The monoisotopic (exact) mass is 367 g/mol. The zero-order chi connectivity index (χ0) is 16.4. The lowest BCUT2D eigenvalue weighted by molar-refractivity contribution is -0.921. The van der Waals surface area contributed by atoms with Crippen molar-refractivity contribution < 1.29 is 4.90 Å². The van der Waals surface area contributed by atoms with Crippen molar-refractivity contribution in [2.24, 2.45) is 0 Å². The Kier molecular flexibility index (Phi) is 4.91. The molecule has 3 aromatic rings. The maximum absolute atomic E-state index is 11.9. The third-order valence-electron chi connectivity index (χ3n) is 3.30. The van der Waals surface area contributed by atoms with E-state index >= 15 is 0 Å². The minimum absolute atomic E-state index is 0.134. The molecule has 1 unspecified atom stereocenters. The molecule has 0 amide bonds. The molecule has 1 N–H and O–H groups in total. The molecule has 0 saturated carbocycles. The minimum atomic E-state index is -0.134. The summed E-state index contributed by atoms with van der Waals surface area (Å²) in [6.07, 6.45) is 1.90. The number of aromatic nitrogens is 3.